The molecule has 7 nitrogen and oxygen atoms in total. The molecule has 2 heterocycles. The number of hydrogen-bond donors (Lipinski definition) is 0. The second kappa shape index (κ2) is 9.38. The Morgan fingerprint density at radius 3 is 2.58 bits per heavy atom. The van der Waals surface area contributed by atoms with E-state index in [-0.39, 0.29) is 30.5 Å². The van der Waals surface area contributed by atoms with Gasteiger partial charge in [0.1, 0.15) is 12.7 Å². The van der Waals surface area contributed by atoms with Gasteiger partial charge in [-0.15, -0.1) is 0 Å². The van der Waals surface area contributed by atoms with Crippen LogP contribution in [-0.2, 0) is 11.0 Å². The van der Waals surface area contributed by atoms with Gasteiger partial charge in [-0.1, -0.05) is 18.7 Å². The first-order chi connectivity index (χ1) is 14.8. The normalized spacial score (nSPS) is 15.5. The van der Waals surface area contributed by atoms with Crippen molar-refractivity contribution in [2.45, 2.75) is 31.5 Å². The quantitative estimate of drug-likeness (QED) is 0.620. The molecule has 0 saturated heterocycles. The standard InChI is InChI=1S/C21H18F3N5O2/c1-14(13-31-19-12-26-17(10-25)11-27-19)2-7-20(30)29-18(8-9-28-29)15-3-5-16(6-4-15)21(22,23)24/h3-6,9,11-12,18H,1-2,7-8,13H2. The number of halogens is 3. The summed E-state index contributed by atoms with van der Waals surface area (Å²) >= 11 is 0. The highest BCUT2D eigenvalue weighted by Gasteiger charge is 2.32. The molecule has 1 aliphatic heterocycles. The average molecular weight is 429 g/mol. The number of alkyl halides is 3. The lowest BCUT2D eigenvalue weighted by atomic mass is 10.0. The van der Waals surface area contributed by atoms with E-state index < -0.39 is 17.8 Å². The van der Waals surface area contributed by atoms with Gasteiger partial charge in [0, 0.05) is 19.1 Å². The third-order valence-electron chi connectivity index (χ3n) is 4.57. The lowest BCUT2D eigenvalue weighted by Crippen LogP contribution is -2.27. The first kappa shape index (κ1) is 22.0. The molecule has 0 fully saturated rings. The highest BCUT2D eigenvalue weighted by Crippen LogP contribution is 2.33. The number of aromatic nitrogens is 2. The molecule has 2 aromatic rings. The Balaban J connectivity index is 1.51. The molecular weight excluding hydrogens is 411 g/mol. The van der Waals surface area contributed by atoms with Crippen molar-refractivity contribution in [3.05, 3.63) is 65.6 Å². The zero-order chi connectivity index (χ0) is 22.4. The molecule has 31 heavy (non-hydrogen) atoms. The van der Waals surface area contributed by atoms with Crippen LogP contribution >= 0.6 is 0 Å². The number of ether oxygens (including phenoxy) is 1. The summed E-state index contributed by atoms with van der Waals surface area (Å²) < 4.78 is 43.7. The van der Waals surface area contributed by atoms with Gasteiger partial charge in [-0.25, -0.2) is 15.0 Å². The number of carbonyl (C=O) groups excluding carboxylic acids is 1. The van der Waals surface area contributed by atoms with E-state index in [1.165, 1.54) is 29.5 Å². The maximum absolute atomic E-state index is 12.8. The van der Waals surface area contributed by atoms with E-state index in [0.29, 0.717) is 24.0 Å². The van der Waals surface area contributed by atoms with E-state index in [2.05, 4.69) is 21.6 Å². The van der Waals surface area contributed by atoms with Crippen LogP contribution in [0.1, 0.15) is 42.1 Å². The molecule has 0 bridgehead atoms. The molecule has 1 atom stereocenters. The number of hydrazone groups is 1. The Bertz CT molecular complexity index is 1010. The summed E-state index contributed by atoms with van der Waals surface area (Å²) in [5, 5.41) is 14.1. The average Bonchev–Trinajstić information content (AvgIpc) is 3.26. The first-order valence-electron chi connectivity index (χ1n) is 9.31. The predicted octanol–water partition coefficient (Wildman–Crippen LogP) is 4.04. The van der Waals surface area contributed by atoms with Crippen molar-refractivity contribution in [3.63, 3.8) is 0 Å². The van der Waals surface area contributed by atoms with Crippen LogP contribution in [0.15, 0.2) is 53.9 Å². The third-order valence-corrected chi connectivity index (χ3v) is 4.57. The minimum Gasteiger partial charge on any atom is -0.472 e. The summed E-state index contributed by atoms with van der Waals surface area (Å²) in [6.45, 7) is 4.00. The summed E-state index contributed by atoms with van der Waals surface area (Å²) in [4.78, 5) is 20.4. The molecule has 0 radical (unpaired) electrons. The van der Waals surface area contributed by atoms with E-state index in [4.69, 9.17) is 10.00 Å². The zero-order valence-corrected chi connectivity index (χ0v) is 16.3. The van der Waals surface area contributed by atoms with Crippen LogP contribution in [0.25, 0.3) is 0 Å². The molecule has 3 rings (SSSR count). The van der Waals surface area contributed by atoms with Crippen molar-refractivity contribution in [2.75, 3.05) is 6.61 Å². The summed E-state index contributed by atoms with van der Waals surface area (Å²) in [5.74, 6) is -0.0315. The fourth-order valence-corrected chi connectivity index (χ4v) is 2.92. The second-order valence-electron chi connectivity index (χ2n) is 6.80. The van der Waals surface area contributed by atoms with Crippen molar-refractivity contribution in [1.29, 1.82) is 5.26 Å². The Morgan fingerprint density at radius 1 is 1.23 bits per heavy atom. The van der Waals surface area contributed by atoms with Crippen molar-refractivity contribution in [3.8, 4) is 11.9 Å². The Labute approximate surface area is 176 Å². The molecule has 1 aromatic heterocycles. The molecule has 1 amide bonds. The van der Waals surface area contributed by atoms with Crippen LogP contribution in [-0.4, -0.2) is 33.7 Å². The number of rotatable bonds is 7. The smallest absolute Gasteiger partial charge is 0.416 e. The van der Waals surface area contributed by atoms with Crippen LogP contribution in [0, 0.1) is 11.3 Å². The largest absolute Gasteiger partial charge is 0.472 e. The van der Waals surface area contributed by atoms with Gasteiger partial charge in [0.15, 0.2) is 5.69 Å². The molecule has 10 heteroatoms. The fourth-order valence-electron chi connectivity index (χ4n) is 2.92. The SMILES string of the molecule is C=C(CCC(=O)N1N=CCC1c1ccc(C(F)(F)F)cc1)COc1cnc(C#N)cn1. The third kappa shape index (κ3) is 5.66. The van der Waals surface area contributed by atoms with Gasteiger partial charge < -0.3 is 4.74 Å². The molecule has 0 spiro atoms. The molecule has 1 aromatic carbocycles. The monoisotopic (exact) mass is 429 g/mol. The van der Waals surface area contributed by atoms with Crippen molar-refractivity contribution in [2.24, 2.45) is 5.10 Å². The molecule has 0 saturated carbocycles. The van der Waals surface area contributed by atoms with Crippen molar-refractivity contribution >= 4 is 12.1 Å². The number of nitriles is 1. The number of benzene rings is 1. The highest BCUT2D eigenvalue weighted by molar-refractivity contribution is 5.80. The second-order valence-corrected chi connectivity index (χ2v) is 6.80. The molecule has 0 aliphatic carbocycles. The maximum atomic E-state index is 12.8. The zero-order valence-electron chi connectivity index (χ0n) is 16.3. The fraction of sp³-hybridized carbons (Fsp3) is 0.286. The molecule has 1 unspecified atom stereocenters. The summed E-state index contributed by atoms with van der Waals surface area (Å²) in [7, 11) is 0. The van der Waals surface area contributed by atoms with Gasteiger partial charge >= 0.3 is 6.18 Å². The predicted molar refractivity (Wildman–Crippen MR) is 105 cm³/mol. The Kier molecular flexibility index (Phi) is 6.65. The van der Waals surface area contributed by atoms with E-state index >= 15 is 0 Å². The minimum absolute atomic E-state index is 0.121. The molecule has 160 valence electrons. The highest BCUT2D eigenvalue weighted by atomic mass is 19.4. The topological polar surface area (TPSA) is 91.5 Å². The minimum atomic E-state index is -4.41. The Morgan fingerprint density at radius 2 is 1.97 bits per heavy atom. The molecule has 1 aliphatic rings. The van der Waals surface area contributed by atoms with Crippen molar-refractivity contribution < 1.29 is 22.7 Å². The van der Waals surface area contributed by atoms with Gasteiger partial charge in [-0.05, 0) is 29.7 Å². The van der Waals surface area contributed by atoms with E-state index in [9.17, 15) is 18.0 Å². The van der Waals surface area contributed by atoms with Gasteiger partial charge in [-0.3, -0.25) is 4.79 Å². The molecule has 0 N–H and O–H groups in total. The van der Waals surface area contributed by atoms with Crippen LogP contribution in [0.3, 0.4) is 0 Å². The number of hydrogen-bond acceptors (Lipinski definition) is 6. The lowest BCUT2D eigenvalue weighted by Gasteiger charge is -2.23. The van der Waals surface area contributed by atoms with E-state index in [1.807, 2.05) is 6.07 Å². The summed E-state index contributed by atoms with van der Waals surface area (Å²) in [6, 6.07) is 6.16. The van der Waals surface area contributed by atoms with Gasteiger partial charge in [0.05, 0.1) is 24.0 Å². The Hall–Kier alpha value is -3.74. The first-order valence-corrected chi connectivity index (χ1v) is 9.31. The van der Waals surface area contributed by atoms with E-state index in [1.54, 1.807) is 6.21 Å². The number of amides is 1. The van der Waals surface area contributed by atoms with Crippen LogP contribution in [0.5, 0.6) is 5.88 Å². The van der Waals surface area contributed by atoms with Gasteiger partial charge in [0.2, 0.25) is 11.8 Å². The van der Waals surface area contributed by atoms with Crippen LogP contribution in [0.2, 0.25) is 0 Å². The van der Waals surface area contributed by atoms with Gasteiger partial charge in [0.25, 0.3) is 0 Å². The summed E-state index contributed by atoms with van der Waals surface area (Å²) in [6.07, 6.45) is 0.662. The van der Waals surface area contributed by atoms with E-state index in [0.717, 1.165) is 12.1 Å². The summed E-state index contributed by atoms with van der Waals surface area (Å²) in [5.41, 5.74) is 0.663. The number of carbonyl (C=O) groups is 1. The molecular formula is C21H18F3N5O2. The van der Waals surface area contributed by atoms with Crippen molar-refractivity contribution in [1.82, 2.24) is 15.0 Å². The van der Waals surface area contributed by atoms with Gasteiger partial charge in [-0.2, -0.15) is 23.5 Å². The maximum Gasteiger partial charge on any atom is 0.416 e. The van der Waals surface area contributed by atoms with Crippen LogP contribution < -0.4 is 4.74 Å². The lowest BCUT2D eigenvalue weighted by molar-refractivity contribution is -0.137. The van der Waals surface area contributed by atoms with Crippen LogP contribution in [0.4, 0.5) is 13.2 Å². The number of nitrogens with zero attached hydrogens (tertiary/aromatic N) is 5.